The highest BCUT2D eigenvalue weighted by Gasteiger charge is 2.19. The molecule has 0 heterocycles. The second kappa shape index (κ2) is 64.1. The Balaban J connectivity index is 4.42. The van der Waals surface area contributed by atoms with Gasteiger partial charge in [0.1, 0.15) is 13.2 Å². The topological polar surface area (TPSA) is 78.9 Å². The second-order valence-electron chi connectivity index (χ2n) is 20.5. The number of unbranched alkanes of at least 4 members (excludes halogenated alkanes) is 23. The second-order valence-corrected chi connectivity index (χ2v) is 20.5. The van der Waals surface area contributed by atoms with Crippen LogP contribution in [0.3, 0.4) is 0 Å². The van der Waals surface area contributed by atoms with Crippen LogP contribution in [-0.4, -0.2) is 37.2 Å². The van der Waals surface area contributed by atoms with Crippen LogP contribution >= 0.6 is 0 Å². The van der Waals surface area contributed by atoms with Gasteiger partial charge in [-0.15, -0.1) is 0 Å². The maximum Gasteiger partial charge on any atom is 0.306 e. The smallest absolute Gasteiger partial charge is 0.306 e. The lowest BCUT2D eigenvalue weighted by Gasteiger charge is -2.18. The van der Waals surface area contributed by atoms with Gasteiger partial charge in [0.25, 0.3) is 0 Å². The number of allylic oxidation sites excluding steroid dienone is 22. The Kier molecular flexibility index (Phi) is 60.4. The SMILES string of the molecule is CC/C=C\C/C=C\C/C=C\C/C=C\C/C=C\C/C=C\C/C=C\CCCCCCCC(=O)OCC(COC(=O)CCCCCCC/C=C\CCCCCCCC)OC(=O)CCCCCCCCC/C=C\C/C=C\C/C=C\CC. The Morgan fingerprint density at radius 3 is 0.805 bits per heavy atom. The van der Waals surface area contributed by atoms with Gasteiger partial charge in [0.2, 0.25) is 0 Å². The molecule has 0 aromatic heterocycles. The zero-order valence-corrected chi connectivity index (χ0v) is 49.9. The molecule has 0 fully saturated rings. The first-order valence-electron chi connectivity index (χ1n) is 31.7. The molecule has 1 atom stereocenters. The fraction of sp³-hybridized carbons (Fsp3) is 0.648. The van der Waals surface area contributed by atoms with Gasteiger partial charge in [-0.2, -0.15) is 0 Å². The third-order valence-electron chi connectivity index (χ3n) is 13.1. The number of rotatable bonds is 56. The molecule has 1 unspecified atom stereocenters. The van der Waals surface area contributed by atoms with Crippen molar-refractivity contribution in [1.29, 1.82) is 0 Å². The van der Waals surface area contributed by atoms with E-state index in [0.717, 1.165) is 154 Å². The van der Waals surface area contributed by atoms with Crippen molar-refractivity contribution in [2.75, 3.05) is 13.2 Å². The predicted molar refractivity (Wildman–Crippen MR) is 334 cm³/mol. The van der Waals surface area contributed by atoms with Crippen LogP contribution in [0.15, 0.2) is 134 Å². The average molecular weight is 1070 g/mol. The zero-order valence-electron chi connectivity index (χ0n) is 49.9. The lowest BCUT2D eigenvalue weighted by molar-refractivity contribution is -0.167. The number of carbonyl (C=O) groups is 3. The molecule has 436 valence electrons. The summed E-state index contributed by atoms with van der Waals surface area (Å²) in [7, 11) is 0. The van der Waals surface area contributed by atoms with E-state index in [1.807, 2.05) is 0 Å². The van der Waals surface area contributed by atoms with E-state index >= 15 is 0 Å². The van der Waals surface area contributed by atoms with Crippen LogP contribution in [0.1, 0.15) is 278 Å². The largest absolute Gasteiger partial charge is 0.462 e. The van der Waals surface area contributed by atoms with Gasteiger partial charge >= 0.3 is 17.9 Å². The third-order valence-corrected chi connectivity index (χ3v) is 13.1. The van der Waals surface area contributed by atoms with Gasteiger partial charge in [0.15, 0.2) is 6.10 Å². The Bertz CT molecular complexity index is 1650. The van der Waals surface area contributed by atoms with E-state index in [0.29, 0.717) is 19.3 Å². The molecule has 0 aromatic carbocycles. The van der Waals surface area contributed by atoms with Gasteiger partial charge in [0.05, 0.1) is 0 Å². The van der Waals surface area contributed by atoms with Crippen LogP contribution < -0.4 is 0 Å². The summed E-state index contributed by atoms with van der Waals surface area (Å²) in [5.74, 6) is -0.932. The summed E-state index contributed by atoms with van der Waals surface area (Å²) in [4.78, 5) is 38.3. The standard InChI is InChI=1S/C71H116O6/c1-4-7-10-13-16-19-22-25-28-30-31-32-33-34-35-36-37-38-39-41-43-46-49-52-55-58-61-64-70(73)76-67-68(66-75-69(72)63-60-57-54-51-48-45-42-27-24-21-18-15-12-9-6-3)77-71(74)65-62-59-56-53-50-47-44-40-29-26-23-20-17-14-11-8-5-2/h7-8,10-11,16-17,19-20,25-29,31-32,34-35,37-38,41-43,68H,4-6,9,12-15,18,21-24,30,33,36,39-40,44-67H2,1-3H3/b10-7-,11-8-,19-16-,20-17-,28-25-,29-26-,32-31-,35-34-,38-37-,42-27-,43-41-. The molecular weight excluding hydrogens is 949 g/mol. The molecule has 6 heteroatoms. The third kappa shape index (κ3) is 62.3. The fourth-order valence-corrected chi connectivity index (χ4v) is 8.43. The summed E-state index contributed by atoms with van der Waals surface area (Å²) in [5.41, 5.74) is 0. The molecule has 77 heavy (non-hydrogen) atoms. The number of esters is 3. The highest BCUT2D eigenvalue weighted by atomic mass is 16.6. The van der Waals surface area contributed by atoms with Crippen molar-refractivity contribution < 1.29 is 28.6 Å². The molecule has 0 saturated heterocycles. The van der Waals surface area contributed by atoms with Crippen LogP contribution in [-0.2, 0) is 28.6 Å². The van der Waals surface area contributed by atoms with Crippen molar-refractivity contribution in [1.82, 2.24) is 0 Å². The fourth-order valence-electron chi connectivity index (χ4n) is 8.43. The normalized spacial score (nSPS) is 13.0. The highest BCUT2D eigenvalue weighted by molar-refractivity contribution is 5.71. The molecule has 0 aliphatic rings. The number of ether oxygens (including phenoxy) is 3. The number of carbonyl (C=O) groups excluding carboxylic acids is 3. The molecule has 0 spiro atoms. The van der Waals surface area contributed by atoms with Crippen LogP contribution in [0.5, 0.6) is 0 Å². The van der Waals surface area contributed by atoms with Crippen molar-refractivity contribution in [2.24, 2.45) is 0 Å². The van der Waals surface area contributed by atoms with Crippen LogP contribution in [0.25, 0.3) is 0 Å². The Hall–Kier alpha value is -4.45. The molecule has 0 rings (SSSR count). The summed E-state index contributed by atoms with van der Waals surface area (Å²) < 4.78 is 16.9. The van der Waals surface area contributed by atoms with Gasteiger partial charge in [-0.1, -0.05) is 257 Å². The molecule has 0 N–H and O–H groups in total. The minimum atomic E-state index is -0.801. The van der Waals surface area contributed by atoms with Crippen molar-refractivity contribution >= 4 is 17.9 Å². The maximum absolute atomic E-state index is 12.9. The van der Waals surface area contributed by atoms with Crippen LogP contribution in [0.2, 0.25) is 0 Å². The molecular formula is C71H116O6. The lowest BCUT2D eigenvalue weighted by Crippen LogP contribution is -2.30. The van der Waals surface area contributed by atoms with E-state index < -0.39 is 6.10 Å². The Morgan fingerprint density at radius 1 is 0.273 bits per heavy atom. The molecule has 0 amide bonds. The van der Waals surface area contributed by atoms with Crippen molar-refractivity contribution in [3.8, 4) is 0 Å². The first-order valence-corrected chi connectivity index (χ1v) is 31.7. The highest BCUT2D eigenvalue weighted by Crippen LogP contribution is 2.15. The van der Waals surface area contributed by atoms with E-state index in [9.17, 15) is 14.4 Å². The van der Waals surface area contributed by atoms with Crippen molar-refractivity contribution in [3.63, 3.8) is 0 Å². The monoisotopic (exact) mass is 1060 g/mol. The maximum atomic E-state index is 12.9. The average Bonchev–Trinajstić information content (AvgIpc) is 3.43. The first kappa shape index (κ1) is 72.5. The quantitative estimate of drug-likeness (QED) is 0.0261. The van der Waals surface area contributed by atoms with Crippen LogP contribution in [0, 0.1) is 0 Å². The molecule has 0 bridgehead atoms. The summed E-state index contributed by atoms with van der Waals surface area (Å²) in [6, 6.07) is 0. The minimum absolute atomic E-state index is 0.0959. The number of hydrogen-bond donors (Lipinski definition) is 0. The molecule has 0 radical (unpaired) electrons. The van der Waals surface area contributed by atoms with Gasteiger partial charge < -0.3 is 14.2 Å². The van der Waals surface area contributed by atoms with Crippen LogP contribution in [0.4, 0.5) is 0 Å². The zero-order chi connectivity index (χ0) is 55.7. The van der Waals surface area contributed by atoms with E-state index in [2.05, 4.69) is 154 Å². The molecule has 0 aliphatic heterocycles. The van der Waals surface area contributed by atoms with Crippen molar-refractivity contribution in [3.05, 3.63) is 134 Å². The molecule has 0 aliphatic carbocycles. The van der Waals surface area contributed by atoms with Gasteiger partial charge in [-0.25, -0.2) is 0 Å². The first-order chi connectivity index (χ1) is 38.0. The molecule has 0 aromatic rings. The summed E-state index contributed by atoms with van der Waals surface area (Å²) in [6.07, 6.45) is 90.2. The van der Waals surface area contributed by atoms with Gasteiger partial charge in [-0.05, 0) is 135 Å². The van der Waals surface area contributed by atoms with E-state index in [1.54, 1.807) is 0 Å². The summed E-state index contributed by atoms with van der Waals surface area (Å²) in [5, 5.41) is 0. The van der Waals surface area contributed by atoms with E-state index in [-0.39, 0.29) is 31.1 Å². The lowest BCUT2D eigenvalue weighted by atomic mass is 10.1. The number of hydrogen-bond acceptors (Lipinski definition) is 6. The Morgan fingerprint density at radius 2 is 0.506 bits per heavy atom. The van der Waals surface area contributed by atoms with Crippen molar-refractivity contribution in [2.45, 2.75) is 284 Å². The van der Waals surface area contributed by atoms with Gasteiger partial charge in [-0.3, -0.25) is 14.4 Å². The molecule has 6 nitrogen and oxygen atoms in total. The predicted octanol–water partition coefficient (Wildman–Crippen LogP) is 21.8. The summed E-state index contributed by atoms with van der Waals surface area (Å²) in [6.45, 7) is 6.39. The molecule has 0 saturated carbocycles. The Labute approximate surface area is 475 Å². The summed E-state index contributed by atoms with van der Waals surface area (Å²) >= 11 is 0. The minimum Gasteiger partial charge on any atom is -0.462 e. The van der Waals surface area contributed by atoms with E-state index in [1.165, 1.54) is 83.5 Å². The van der Waals surface area contributed by atoms with Gasteiger partial charge in [0, 0.05) is 19.3 Å². The van der Waals surface area contributed by atoms with E-state index in [4.69, 9.17) is 14.2 Å².